The molecule has 0 saturated carbocycles. The van der Waals surface area contributed by atoms with Crippen LogP contribution in [0.15, 0.2) is 35.3 Å². The number of amides is 1. The number of H-pyrrole nitrogens is 2. The number of nitrogens with one attached hydrogen (secondary N) is 3. The van der Waals surface area contributed by atoms with Gasteiger partial charge in [-0.2, -0.15) is 16.9 Å². The molecular weight excluding hydrogens is 350 g/mol. The molecule has 0 radical (unpaired) electrons. The number of anilines is 2. The number of thioether (sulfide) groups is 1. The Balaban J connectivity index is 1.59. The summed E-state index contributed by atoms with van der Waals surface area (Å²) in [4.78, 5) is 29.3. The number of aromatic nitrogens is 3. The fourth-order valence-electron chi connectivity index (χ4n) is 3.12. The first-order chi connectivity index (χ1) is 12.6. The first-order valence-corrected chi connectivity index (χ1v) is 9.59. The molecule has 0 aliphatic carbocycles. The number of carbonyl (C=O) groups excluding carboxylic acids is 1. The topological polar surface area (TPSA) is 93.9 Å². The van der Waals surface area contributed by atoms with Crippen molar-refractivity contribution in [3.05, 3.63) is 51.9 Å². The molecule has 8 heteroatoms. The van der Waals surface area contributed by atoms with Crippen molar-refractivity contribution in [2.75, 3.05) is 29.9 Å². The van der Waals surface area contributed by atoms with Crippen molar-refractivity contribution < 1.29 is 4.79 Å². The Morgan fingerprint density at radius 2 is 2.08 bits per heavy atom. The van der Waals surface area contributed by atoms with Crippen LogP contribution in [0.25, 0.3) is 10.9 Å². The number of rotatable bonds is 3. The van der Waals surface area contributed by atoms with Gasteiger partial charge in [-0.3, -0.25) is 14.7 Å². The fourth-order valence-corrected chi connectivity index (χ4v) is 4.03. The largest absolute Gasteiger partial charge is 0.338 e. The van der Waals surface area contributed by atoms with Gasteiger partial charge in [0.25, 0.3) is 11.5 Å². The van der Waals surface area contributed by atoms with Crippen LogP contribution >= 0.6 is 11.8 Å². The van der Waals surface area contributed by atoms with E-state index in [9.17, 15) is 9.59 Å². The monoisotopic (exact) mass is 369 g/mol. The van der Waals surface area contributed by atoms with Gasteiger partial charge in [-0.15, -0.1) is 0 Å². The molecule has 1 amide bonds. The van der Waals surface area contributed by atoms with Gasteiger partial charge in [0.15, 0.2) is 5.82 Å². The van der Waals surface area contributed by atoms with Gasteiger partial charge < -0.3 is 15.2 Å². The minimum absolute atomic E-state index is 0.0796. The second-order valence-electron chi connectivity index (χ2n) is 6.23. The Morgan fingerprint density at radius 3 is 2.85 bits per heavy atom. The van der Waals surface area contributed by atoms with E-state index < -0.39 is 0 Å². The Morgan fingerprint density at radius 1 is 1.27 bits per heavy atom. The maximum absolute atomic E-state index is 12.7. The van der Waals surface area contributed by atoms with E-state index in [-0.39, 0.29) is 11.5 Å². The minimum atomic E-state index is -0.203. The number of nitrogens with zero attached hydrogens (tertiary/aromatic N) is 2. The molecule has 4 rings (SSSR count). The lowest BCUT2D eigenvalue weighted by molar-refractivity contribution is 0.0771. The summed E-state index contributed by atoms with van der Waals surface area (Å²) >= 11 is 1.88. The predicted octanol–water partition coefficient (Wildman–Crippen LogP) is 2.49. The number of hydrogen-bond donors (Lipinski definition) is 3. The van der Waals surface area contributed by atoms with Crippen LogP contribution in [0.1, 0.15) is 15.9 Å². The summed E-state index contributed by atoms with van der Waals surface area (Å²) < 4.78 is 0. The third kappa shape index (κ3) is 3.08. The molecule has 7 nitrogen and oxygen atoms in total. The highest BCUT2D eigenvalue weighted by molar-refractivity contribution is 7.99. The molecule has 2 aromatic heterocycles. The highest BCUT2D eigenvalue weighted by Gasteiger charge is 2.20. The van der Waals surface area contributed by atoms with Crippen molar-refractivity contribution in [2.45, 2.75) is 6.92 Å². The molecule has 134 valence electrons. The van der Waals surface area contributed by atoms with Crippen molar-refractivity contribution in [3.63, 3.8) is 0 Å². The number of hydrogen-bond acceptors (Lipinski definition) is 5. The molecule has 0 spiro atoms. The second-order valence-corrected chi connectivity index (χ2v) is 7.45. The zero-order valence-corrected chi connectivity index (χ0v) is 15.2. The molecule has 0 bridgehead atoms. The standard InChI is InChI=1S/C18H19N5O2S/c1-11-10-12(2-3-13(11)18(25)23-6-8-26-9-7-23)20-16-15-14(21-22-16)4-5-19-17(15)24/h2-5,10H,6-9H2,1H3,(H,19,24)(H2,20,21,22). The van der Waals surface area contributed by atoms with Gasteiger partial charge in [-0.05, 0) is 36.8 Å². The SMILES string of the molecule is Cc1cc(Nc2n[nH]c3cc[nH]c(=O)c23)ccc1C(=O)N1CCSCC1. The molecular formula is C18H19N5O2S. The molecule has 3 heterocycles. The van der Waals surface area contributed by atoms with E-state index in [1.807, 2.05) is 41.8 Å². The molecule has 1 aliphatic heterocycles. The molecule has 1 aromatic carbocycles. The third-order valence-corrected chi connectivity index (χ3v) is 5.45. The van der Waals surface area contributed by atoms with Crippen molar-refractivity contribution >= 4 is 40.1 Å². The van der Waals surface area contributed by atoms with Crippen LogP contribution < -0.4 is 10.9 Å². The van der Waals surface area contributed by atoms with Crippen molar-refractivity contribution in [1.29, 1.82) is 0 Å². The van der Waals surface area contributed by atoms with Crippen LogP contribution in [0.2, 0.25) is 0 Å². The van der Waals surface area contributed by atoms with E-state index in [0.717, 1.165) is 35.8 Å². The second kappa shape index (κ2) is 6.87. The summed E-state index contributed by atoms with van der Waals surface area (Å²) in [7, 11) is 0. The molecule has 1 fully saturated rings. The molecule has 0 unspecified atom stereocenters. The van der Waals surface area contributed by atoms with Crippen LogP contribution in [0.3, 0.4) is 0 Å². The number of aryl methyl sites for hydroxylation is 1. The molecule has 26 heavy (non-hydrogen) atoms. The Kier molecular flexibility index (Phi) is 4.42. The summed E-state index contributed by atoms with van der Waals surface area (Å²) in [5.74, 6) is 2.53. The smallest absolute Gasteiger partial charge is 0.261 e. The van der Waals surface area contributed by atoms with E-state index in [4.69, 9.17) is 0 Å². The number of aromatic amines is 2. The predicted molar refractivity (Wildman–Crippen MR) is 104 cm³/mol. The van der Waals surface area contributed by atoms with E-state index in [1.54, 1.807) is 12.3 Å². The lowest BCUT2D eigenvalue weighted by Gasteiger charge is -2.27. The fraction of sp³-hybridized carbons (Fsp3) is 0.278. The van der Waals surface area contributed by atoms with E-state index in [1.165, 1.54) is 0 Å². The number of pyridine rings is 1. The van der Waals surface area contributed by atoms with Crippen molar-refractivity contribution in [3.8, 4) is 0 Å². The zero-order valence-electron chi connectivity index (χ0n) is 14.3. The Bertz CT molecular complexity index is 1020. The third-order valence-electron chi connectivity index (χ3n) is 4.50. The molecule has 1 saturated heterocycles. The lowest BCUT2D eigenvalue weighted by atomic mass is 10.1. The zero-order chi connectivity index (χ0) is 18.1. The summed E-state index contributed by atoms with van der Waals surface area (Å²) in [6.45, 7) is 3.52. The maximum Gasteiger partial charge on any atom is 0.261 e. The quantitative estimate of drug-likeness (QED) is 0.659. The Labute approximate surface area is 154 Å². The summed E-state index contributed by atoms with van der Waals surface area (Å²) in [6.07, 6.45) is 1.58. The number of carbonyl (C=O) groups is 1. The maximum atomic E-state index is 12.7. The van der Waals surface area contributed by atoms with Crippen molar-refractivity contribution in [1.82, 2.24) is 20.1 Å². The van der Waals surface area contributed by atoms with Crippen LogP contribution in [-0.2, 0) is 0 Å². The minimum Gasteiger partial charge on any atom is -0.338 e. The van der Waals surface area contributed by atoms with Gasteiger partial charge in [0.2, 0.25) is 0 Å². The van der Waals surface area contributed by atoms with Gasteiger partial charge in [0.05, 0.1) is 5.52 Å². The molecule has 3 aromatic rings. The van der Waals surface area contributed by atoms with Crippen LogP contribution in [0.5, 0.6) is 0 Å². The number of benzene rings is 1. The average molecular weight is 369 g/mol. The van der Waals surface area contributed by atoms with E-state index in [0.29, 0.717) is 22.3 Å². The summed E-state index contributed by atoms with van der Waals surface area (Å²) in [5.41, 5.74) is 2.86. The van der Waals surface area contributed by atoms with Gasteiger partial charge in [0, 0.05) is 42.0 Å². The number of fused-ring (bicyclic) bond motifs is 1. The van der Waals surface area contributed by atoms with E-state index in [2.05, 4.69) is 20.5 Å². The molecule has 0 atom stereocenters. The summed E-state index contributed by atoms with van der Waals surface area (Å²) in [6, 6.07) is 7.35. The van der Waals surface area contributed by atoms with Crippen LogP contribution in [0, 0.1) is 6.92 Å². The van der Waals surface area contributed by atoms with Crippen LogP contribution in [-0.4, -0.2) is 50.6 Å². The summed E-state index contributed by atoms with van der Waals surface area (Å²) in [5, 5.41) is 10.7. The molecule has 1 aliphatic rings. The average Bonchev–Trinajstić information content (AvgIpc) is 3.06. The van der Waals surface area contributed by atoms with Gasteiger partial charge in [-0.25, -0.2) is 0 Å². The first-order valence-electron chi connectivity index (χ1n) is 8.44. The van der Waals surface area contributed by atoms with Crippen molar-refractivity contribution in [2.24, 2.45) is 0 Å². The highest BCUT2D eigenvalue weighted by Crippen LogP contribution is 2.24. The lowest BCUT2D eigenvalue weighted by Crippen LogP contribution is -2.38. The van der Waals surface area contributed by atoms with Gasteiger partial charge >= 0.3 is 0 Å². The van der Waals surface area contributed by atoms with Gasteiger partial charge in [0.1, 0.15) is 5.39 Å². The first kappa shape index (κ1) is 16.7. The highest BCUT2D eigenvalue weighted by atomic mass is 32.2. The molecule has 3 N–H and O–H groups in total. The van der Waals surface area contributed by atoms with Crippen LogP contribution in [0.4, 0.5) is 11.5 Å². The Hall–Kier alpha value is -2.74. The van der Waals surface area contributed by atoms with E-state index >= 15 is 0 Å². The van der Waals surface area contributed by atoms with Gasteiger partial charge in [-0.1, -0.05) is 0 Å². The normalized spacial score (nSPS) is 14.6.